The smallest absolute Gasteiger partial charge is 0.289 e. The molecular formula is C25H22N4O4. The fourth-order valence-electron chi connectivity index (χ4n) is 3.91. The van der Waals surface area contributed by atoms with E-state index < -0.39 is 0 Å². The zero-order chi connectivity index (χ0) is 22.8. The van der Waals surface area contributed by atoms with Gasteiger partial charge in [-0.3, -0.25) is 9.59 Å². The van der Waals surface area contributed by atoms with Gasteiger partial charge in [-0.05, 0) is 48.5 Å². The summed E-state index contributed by atoms with van der Waals surface area (Å²) < 4.78 is 10.9. The van der Waals surface area contributed by atoms with Gasteiger partial charge in [0.1, 0.15) is 11.3 Å². The minimum Gasteiger partial charge on any atom is -0.497 e. The van der Waals surface area contributed by atoms with E-state index in [1.807, 2.05) is 36.4 Å². The van der Waals surface area contributed by atoms with Crippen molar-refractivity contribution in [1.29, 1.82) is 0 Å². The van der Waals surface area contributed by atoms with Gasteiger partial charge in [0, 0.05) is 37.8 Å². The Morgan fingerprint density at radius 2 is 1.70 bits per heavy atom. The first-order chi connectivity index (χ1) is 16.1. The average Bonchev–Trinajstić information content (AvgIpc) is 2.88. The number of fused-ring (bicyclic) bond motifs is 1. The molecule has 0 spiro atoms. The van der Waals surface area contributed by atoms with Crippen molar-refractivity contribution in [2.24, 2.45) is 0 Å². The first-order valence-corrected chi connectivity index (χ1v) is 10.7. The normalized spacial score (nSPS) is 13.8. The molecule has 0 bridgehead atoms. The standard InChI is InChI=1S/C25H22N4O4/c1-32-18-8-6-17(7-9-18)20-10-11-24(27-26-20)28-12-14-29(15-13-28)25(31)23-16-21(30)19-4-2-3-5-22(19)33-23/h2-11,16H,12-15H2,1H3. The van der Waals surface area contributed by atoms with Crippen molar-refractivity contribution in [3.05, 3.63) is 82.7 Å². The number of hydrogen-bond acceptors (Lipinski definition) is 7. The Bertz CT molecular complexity index is 1340. The number of carbonyl (C=O) groups is 1. The molecule has 2 aromatic heterocycles. The number of methoxy groups -OCH3 is 1. The summed E-state index contributed by atoms with van der Waals surface area (Å²) in [6.45, 7) is 2.22. The lowest BCUT2D eigenvalue weighted by Crippen LogP contribution is -2.49. The molecule has 0 unspecified atom stereocenters. The predicted octanol–water partition coefficient (Wildman–Crippen LogP) is 3.22. The van der Waals surface area contributed by atoms with E-state index in [4.69, 9.17) is 9.15 Å². The number of para-hydroxylation sites is 1. The molecule has 0 radical (unpaired) electrons. The number of benzene rings is 2. The molecule has 1 aliphatic rings. The van der Waals surface area contributed by atoms with Gasteiger partial charge in [0.25, 0.3) is 5.91 Å². The van der Waals surface area contributed by atoms with E-state index in [1.165, 1.54) is 6.07 Å². The number of rotatable bonds is 4. The van der Waals surface area contributed by atoms with E-state index in [0.29, 0.717) is 37.1 Å². The first kappa shape index (κ1) is 20.7. The Labute approximate surface area is 190 Å². The average molecular weight is 442 g/mol. The molecule has 4 aromatic rings. The van der Waals surface area contributed by atoms with Gasteiger partial charge in [0.2, 0.25) is 0 Å². The van der Waals surface area contributed by atoms with E-state index in [-0.39, 0.29) is 17.1 Å². The summed E-state index contributed by atoms with van der Waals surface area (Å²) >= 11 is 0. The van der Waals surface area contributed by atoms with Gasteiger partial charge in [-0.2, -0.15) is 0 Å². The lowest BCUT2D eigenvalue weighted by atomic mass is 10.1. The van der Waals surface area contributed by atoms with Crippen LogP contribution in [0.15, 0.2) is 75.9 Å². The fourth-order valence-corrected chi connectivity index (χ4v) is 3.91. The quantitative estimate of drug-likeness (QED) is 0.479. The van der Waals surface area contributed by atoms with E-state index in [0.717, 1.165) is 22.8 Å². The molecule has 1 amide bonds. The Morgan fingerprint density at radius 1 is 0.939 bits per heavy atom. The molecule has 8 heteroatoms. The largest absolute Gasteiger partial charge is 0.497 e. The van der Waals surface area contributed by atoms with Gasteiger partial charge in [0.15, 0.2) is 17.0 Å². The highest BCUT2D eigenvalue weighted by atomic mass is 16.5. The lowest BCUT2D eigenvalue weighted by Gasteiger charge is -2.34. The summed E-state index contributed by atoms with van der Waals surface area (Å²) in [4.78, 5) is 29.0. The summed E-state index contributed by atoms with van der Waals surface area (Å²) in [5, 5.41) is 9.20. The molecule has 33 heavy (non-hydrogen) atoms. The van der Waals surface area contributed by atoms with Crippen LogP contribution in [-0.2, 0) is 0 Å². The van der Waals surface area contributed by atoms with Gasteiger partial charge >= 0.3 is 0 Å². The van der Waals surface area contributed by atoms with Crippen molar-refractivity contribution < 1.29 is 13.9 Å². The molecule has 3 heterocycles. The molecule has 0 aliphatic carbocycles. The number of aromatic nitrogens is 2. The van der Waals surface area contributed by atoms with Crippen LogP contribution in [0, 0.1) is 0 Å². The minimum absolute atomic E-state index is 0.0655. The van der Waals surface area contributed by atoms with E-state index in [1.54, 1.807) is 36.3 Å². The van der Waals surface area contributed by atoms with Crippen molar-refractivity contribution in [1.82, 2.24) is 15.1 Å². The number of nitrogens with zero attached hydrogens (tertiary/aromatic N) is 4. The lowest BCUT2D eigenvalue weighted by molar-refractivity contribution is 0.0715. The zero-order valence-corrected chi connectivity index (χ0v) is 18.1. The van der Waals surface area contributed by atoms with Gasteiger partial charge in [-0.25, -0.2) is 0 Å². The summed E-state index contributed by atoms with van der Waals surface area (Å²) in [6.07, 6.45) is 0. The number of amides is 1. The van der Waals surface area contributed by atoms with Crippen molar-refractivity contribution in [2.45, 2.75) is 0 Å². The van der Waals surface area contributed by atoms with Crippen LogP contribution >= 0.6 is 0 Å². The van der Waals surface area contributed by atoms with Gasteiger partial charge in [-0.1, -0.05) is 12.1 Å². The van der Waals surface area contributed by atoms with E-state index in [2.05, 4.69) is 15.1 Å². The Morgan fingerprint density at radius 3 is 2.39 bits per heavy atom. The molecule has 8 nitrogen and oxygen atoms in total. The molecule has 166 valence electrons. The third-order valence-corrected chi connectivity index (χ3v) is 5.77. The zero-order valence-electron chi connectivity index (χ0n) is 18.1. The monoisotopic (exact) mass is 442 g/mol. The molecule has 1 fully saturated rings. The molecule has 5 rings (SSSR count). The molecule has 0 N–H and O–H groups in total. The maximum atomic E-state index is 12.9. The van der Waals surface area contributed by atoms with Crippen LogP contribution < -0.4 is 15.1 Å². The molecule has 1 aliphatic heterocycles. The highest BCUT2D eigenvalue weighted by Crippen LogP contribution is 2.22. The van der Waals surface area contributed by atoms with E-state index >= 15 is 0 Å². The second-order valence-electron chi connectivity index (χ2n) is 7.76. The SMILES string of the molecule is COc1ccc(-c2ccc(N3CCN(C(=O)c4cc(=O)c5ccccc5o4)CC3)nn2)cc1. The Hall–Kier alpha value is -4.20. The highest BCUT2D eigenvalue weighted by molar-refractivity contribution is 5.93. The third kappa shape index (κ3) is 4.15. The van der Waals surface area contributed by atoms with Gasteiger partial charge in [0.05, 0.1) is 18.2 Å². The molecule has 0 atom stereocenters. The summed E-state index contributed by atoms with van der Waals surface area (Å²) in [5.74, 6) is 1.34. The minimum atomic E-state index is -0.279. The number of ether oxygens (including phenoxy) is 1. The van der Waals surface area contributed by atoms with Crippen LogP contribution in [-0.4, -0.2) is 54.3 Å². The maximum Gasteiger partial charge on any atom is 0.289 e. The number of carbonyl (C=O) groups excluding carboxylic acids is 1. The first-order valence-electron chi connectivity index (χ1n) is 10.7. The van der Waals surface area contributed by atoms with Crippen molar-refractivity contribution in [3.8, 4) is 17.0 Å². The van der Waals surface area contributed by atoms with Crippen LogP contribution in [0.2, 0.25) is 0 Å². The van der Waals surface area contributed by atoms with Crippen LogP contribution in [0.3, 0.4) is 0 Å². The molecule has 1 saturated heterocycles. The second-order valence-corrected chi connectivity index (χ2v) is 7.76. The van der Waals surface area contributed by atoms with Gasteiger partial charge < -0.3 is 19.0 Å². The van der Waals surface area contributed by atoms with Crippen molar-refractivity contribution in [2.75, 3.05) is 38.2 Å². The van der Waals surface area contributed by atoms with Crippen LogP contribution in [0.4, 0.5) is 5.82 Å². The topological polar surface area (TPSA) is 88.8 Å². The van der Waals surface area contributed by atoms with Crippen LogP contribution in [0.1, 0.15) is 10.6 Å². The van der Waals surface area contributed by atoms with Crippen LogP contribution in [0.25, 0.3) is 22.2 Å². The molecule has 0 saturated carbocycles. The summed E-state index contributed by atoms with van der Waals surface area (Å²) in [5.41, 5.74) is 1.94. The highest BCUT2D eigenvalue weighted by Gasteiger charge is 2.25. The predicted molar refractivity (Wildman–Crippen MR) is 125 cm³/mol. The number of anilines is 1. The molecular weight excluding hydrogens is 420 g/mol. The summed E-state index contributed by atoms with van der Waals surface area (Å²) in [7, 11) is 1.63. The summed E-state index contributed by atoms with van der Waals surface area (Å²) in [6, 6.07) is 19.7. The fraction of sp³-hybridized carbons (Fsp3) is 0.200. The Balaban J connectivity index is 1.25. The van der Waals surface area contributed by atoms with Crippen molar-refractivity contribution in [3.63, 3.8) is 0 Å². The number of hydrogen-bond donors (Lipinski definition) is 0. The van der Waals surface area contributed by atoms with E-state index in [9.17, 15) is 9.59 Å². The second kappa shape index (κ2) is 8.74. The van der Waals surface area contributed by atoms with Crippen LogP contribution in [0.5, 0.6) is 5.75 Å². The number of piperazine rings is 1. The van der Waals surface area contributed by atoms with Gasteiger partial charge in [-0.15, -0.1) is 10.2 Å². The van der Waals surface area contributed by atoms with Crippen molar-refractivity contribution >= 4 is 22.7 Å². The Kier molecular flexibility index (Phi) is 5.48. The third-order valence-electron chi connectivity index (χ3n) is 5.77. The molecule has 2 aromatic carbocycles. The maximum absolute atomic E-state index is 12.9.